The molecule has 0 aromatic carbocycles. The zero-order valence-corrected chi connectivity index (χ0v) is 12.6. The molecule has 5 aliphatic rings. The van der Waals surface area contributed by atoms with Crippen molar-refractivity contribution in [3.63, 3.8) is 0 Å². The largest absolute Gasteiger partial charge is 0.375 e. The highest BCUT2D eigenvalue weighted by Gasteiger charge is 2.45. The summed E-state index contributed by atoms with van der Waals surface area (Å²) in [5, 5.41) is 0. The van der Waals surface area contributed by atoms with E-state index in [0.717, 1.165) is 6.61 Å². The normalized spacial score (nSPS) is 44.9. The number of nitrogens with zero attached hydrogens (tertiary/aromatic N) is 2. The molecule has 4 aliphatic heterocycles. The summed E-state index contributed by atoms with van der Waals surface area (Å²) in [5.41, 5.74) is 6.95. The molecule has 2 bridgehead atoms. The van der Waals surface area contributed by atoms with Crippen LogP contribution in [0.4, 0.5) is 0 Å². The lowest BCUT2D eigenvalue weighted by atomic mass is 9.78. The zero-order valence-electron chi connectivity index (χ0n) is 12.6. The lowest BCUT2D eigenvalue weighted by Crippen LogP contribution is -2.67. The van der Waals surface area contributed by atoms with Crippen LogP contribution in [0, 0.1) is 5.92 Å². The van der Waals surface area contributed by atoms with Gasteiger partial charge >= 0.3 is 0 Å². The third-order valence-electron chi connectivity index (χ3n) is 6.36. The van der Waals surface area contributed by atoms with E-state index in [4.69, 9.17) is 10.5 Å². The standard InChI is InChI=1S/C16H29N3O/c17-15(14-12-18-6-8-19(14)9-7-18)13-3-10-20-16(11-13)4-1-2-5-16/h13-15H,1-12,17H2. The summed E-state index contributed by atoms with van der Waals surface area (Å²) in [6.45, 7) is 7.10. The smallest absolute Gasteiger partial charge is 0.0685 e. The first-order valence-electron chi connectivity index (χ1n) is 8.62. The molecule has 1 aliphatic carbocycles. The molecule has 4 saturated heterocycles. The third-order valence-corrected chi connectivity index (χ3v) is 6.36. The van der Waals surface area contributed by atoms with E-state index in [1.165, 1.54) is 71.2 Å². The summed E-state index contributed by atoms with van der Waals surface area (Å²) >= 11 is 0. The molecule has 0 aromatic rings. The van der Waals surface area contributed by atoms with E-state index in [0.29, 0.717) is 18.0 Å². The minimum atomic E-state index is 0.212. The first kappa shape index (κ1) is 13.5. The van der Waals surface area contributed by atoms with Gasteiger partial charge in [-0.1, -0.05) is 12.8 Å². The van der Waals surface area contributed by atoms with Crippen molar-refractivity contribution in [2.75, 3.05) is 39.3 Å². The van der Waals surface area contributed by atoms with E-state index in [1.54, 1.807) is 0 Å². The van der Waals surface area contributed by atoms with Crippen LogP contribution in [0.3, 0.4) is 0 Å². The molecule has 0 aromatic heterocycles. The third kappa shape index (κ3) is 2.31. The molecule has 5 fully saturated rings. The molecule has 1 spiro atoms. The number of fused-ring (bicyclic) bond motifs is 3. The van der Waals surface area contributed by atoms with Gasteiger partial charge in [-0.25, -0.2) is 0 Å². The first-order valence-corrected chi connectivity index (χ1v) is 8.62. The summed E-state index contributed by atoms with van der Waals surface area (Å²) in [5.74, 6) is 0.674. The van der Waals surface area contributed by atoms with Crippen LogP contribution in [-0.4, -0.2) is 66.8 Å². The topological polar surface area (TPSA) is 41.7 Å². The Morgan fingerprint density at radius 3 is 2.50 bits per heavy atom. The van der Waals surface area contributed by atoms with E-state index < -0.39 is 0 Å². The second kappa shape index (κ2) is 5.24. The van der Waals surface area contributed by atoms with Crippen molar-refractivity contribution in [3.05, 3.63) is 0 Å². The highest BCUT2D eigenvalue weighted by Crippen LogP contribution is 2.43. The Morgan fingerprint density at radius 1 is 1.10 bits per heavy atom. The van der Waals surface area contributed by atoms with Gasteiger partial charge in [-0.15, -0.1) is 0 Å². The molecule has 4 heterocycles. The van der Waals surface area contributed by atoms with Crippen LogP contribution in [0.25, 0.3) is 0 Å². The molecular weight excluding hydrogens is 250 g/mol. The van der Waals surface area contributed by atoms with Crippen molar-refractivity contribution >= 4 is 0 Å². The summed E-state index contributed by atoms with van der Waals surface area (Å²) in [6.07, 6.45) is 7.65. The van der Waals surface area contributed by atoms with Crippen molar-refractivity contribution in [1.29, 1.82) is 0 Å². The van der Waals surface area contributed by atoms with Crippen molar-refractivity contribution in [3.8, 4) is 0 Å². The van der Waals surface area contributed by atoms with Crippen LogP contribution in [-0.2, 0) is 4.74 Å². The van der Waals surface area contributed by atoms with Gasteiger partial charge in [0.05, 0.1) is 5.60 Å². The van der Waals surface area contributed by atoms with Crippen LogP contribution in [0.15, 0.2) is 0 Å². The summed E-state index contributed by atoms with van der Waals surface area (Å²) in [7, 11) is 0. The predicted molar refractivity (Wildman–Crippen MR) is 79.7 cm³/mol. The van der Waals surface area contributed by atoms with E-state index in [9.17, 15) is 0 Å². The van der Waals surface area contributed by atoms with Gasteiger partial charge in [0.25, 0.3) is 0 Å². The van der Waals surface area contributed by atoms with Gasteiger partial charge in [-0.3, -0.25) is 9.80 Å². The fourth-order valence-electron chi connectivity index (χ4n) is 5.10. The molecular formula is C16H29N3O. The van der Waals surface area contributed by atoms with E-state index in [2.05, 4.69) is 9.80 Å². The Kier molecular flexibility index (Phi) is 3.53. The number of hydrogen-bond acceptors (Lipinski definition) is 4. The van der Waals surface area contributed by atoms with Crippen LogP contribution in [0.1, 0.15) is 38.5 Å². The van der Waals surface area contributed by atoms with Crippen LogP contribution < -0.4 is 5.73 Å². The van der Waals surface area contributed by atoms with Crippen molar-refractivity contribution in [2.45, 2.75) is 56.2 Å². The summed E-state index contributed by atoms with van der Waals surface area (Å²) < 4.78 is 6.18. The predicted octanol–water partition coefficient (Wildman–Crippen LogP) is 1.05. The van der Waals surface area contributed by atoms with Gasteiger partial charge in [-0.05, 0) is 31.6 Å². The zero-order chi connectivity index (χ0) is 13.6. The summed E-state index contributed by atoms with van der Waals surface area (Å²) in [6, 6.07) is 0.943. The molecule has 3 unspecified atom stereocenters. The number of piperazine rings is 3. The Bertz CT molecular complexity index is 348. The quantitative estimate of drug-likeness (QED) is 0.820. The molecule has 0 radical (unpaired) electrons. The van der Waals surface area contributed by atoms with E-state index >= 15 is 0 Å². The summed E-state index contributed by atoms with van der Waals surface area (Å²) in [4.78, 5) is 5.26. The lowest BCUT2D eigenvalue weighted by Gasteiger charge is -2.52. The van der Waals surface area contributed by atoms with Crippen LogP contribution in [0.2, 0.25) is 0 Å². The molecule has 3 atom stereocenters. The van der Waals surface area contributed by atoms with Gasteiger partial charge in [0.2, 0.25) is 0 Å². The monoisotopic (exact) mass is 279 g/mol. The maximum atomic E-state index is 6.74. The van der Waals surface area contributed by atoms with Gasteiger partial charge in [0, 0.05) is 51.4 Å². The average Bonchev–Trinajstić information content (AvgIpc) is 2.95. The van der Waals surface area contributed by atoms with Crippen LogP contribution >= 0.6 is 0 Å². The molecule has 20 heavy (non-hydrogen) atoms. The maximum absolute atomic E-state index is 6.74. The molecule has 1 saturated carbocycles. The second-order valence-corrected chi connectivity index (χ2v) is 7.47. The van der Waals surface area contributed by atoms with Gasteiger partial charge in [0.15, 0.2) is 0 Å². The minimum Gasteiger partial charge on any atom is -0.375 e. The molecule has 114 valence electrons. The average molecular weight is 279 g/mol. The highest BCUT2D eigenvalue weighted by molar-refractivity contribution is 5.00. The molecule has 5 rings (SSSR count). The van der Waals surface area contributed by atoms with Gasteiger partial charge < -0.3 is 10.5 Å². The van der Waals surface area contributed by atoms with Gasteiger partial charge in [0.1, 0.15) is 0 Å². The molecule has 4 heteroatoms. The van der Waals surface area contributed by atoms with Crippen LogP contribution in [0.5, 0.6) is 0 Å². The molecule has 0 amide bonds. The number of hydrogen-bond donors (Lipinski definition) is 1. The Labute approximate surface area is 122 Å². The Balaban J connectivity index is 1.44. The Hall–Kier alpha value is -0.160. The van der Waals surface area contributed by atoms with Gasteiger partial charge in [-0.2, -0.15) is 0 Å². The number of ether oxygens (including phenoxy) is 1. The lowest BCUT2D eigenvalue weighted by molar-refractivity contribution is -0.105. The van der Waals surface area contributed by atoms with E-state index in [-0.39, 0.29) is 5.60 Å². The van der Waals surface area contributed by atoms with Crippen molar-refractivity contribution in [1.82, 2.24) is 9.80 Å². The van der Waals surface area contributed by atoms with E-state index in [1.807, 2.05) is 0 Å². The minimum absolute atomic E-state index is 0.212. The van der Waals surface area contributed by atoms with Crippen molar-refractivity contribution in [2.24, 2.45) is 11.7 Å². The maximum Gasteiger partial charge on any atom is 0.0685 e. The fraction of sp³-hybridized carbons (Fsp3) is 1.00. The fourth-order valence-corrected chi connectivity index (χ4v) is 5.10. The Morgan fingerprint density at radius 2 is 1.85 bits per heavy atom. The first-order chi connectivity index (χ1) is 9.76. The molecule has 4 nitrogen and oxygen atoms in total. The number of nitrogens with two attached hydrogens (primary N) is 1. The second-order valence-electron chi connectivity index (χ2n) is 7.47. The molecule has 2 N–H and O–H groups in total. The van der Waals surface area contributed by atoms with Crippen molar-refractivity contribution < 1.29 is 4.74 Å². The highest BCUT2D eigenvalue weighted by atomic mass is 16.5. The SMILES string of the molecule is NC(C1CCOC2(CCCC2)C1)C1CN2CCN1CC2. The number of rotatable bonds is 2.